The minimum Gasteiger partial charge on any atom is -0.466 e. The first-order valence-electron chi connectivity index (χ1n) is 7.44. The van der Waals surface area contributed by atoms with E-state index in [0.29, 0.717) is 16.7 Å². The number of carbonyl (C=O) groups excluding carboxylic acids is 2. The Hall–Kier alpha value is -2.60. The molecule has 2 aromatic rings. The molecule has 0 atom stereocenters. The van der Waals surface area contributed by atoms with Gasteiger partial charge in [-0.15, -0.1) is 0 Å². The van der Waals surface area contributed by atoms with Crippen LogP contribution in [0.3, 0.4) is 0 Å². The van der Waals surface area contributed by atoms with Gasteiger partial charge < -0.3 is 9.84 Å². The van der Waals surface area contributed by atoms with Gasteiger partial charge in [0.2, 0.25) is 0 Å². The fourth-order valence-electron chi connectivity index (χ4n) is 2.73. The molecule has 132 valence electrons. The Morgan fingerprint density at radius 1 is 1.28 bits per heavy atom. The molecule has 25 heavy (non-hydrogen) atoms. The number of ether oxygens (including phenoxy) is 1. The molecule has 0 aliphatic heterocycles. The summed E-state index contributed by atoms with van der Waals surface area (Å²) in [5.41, 5.74) is 0.908. The first-order chi connectivity index (χ1) is 11.6. The maximum Gasteiger partial charge on any atom is 0.416 e. The number of hydrogen-bond acceptors (Lipinski definition) is 4. The highest BCUT2D eigenvalue weighted by Gasteiger charge is 2.26. The molecule has 0 aliphatic carbocycles. The van der Waals surface area contributed by atoms with Gasteiger partial charge in [-0.1, -0.05) is 32.4 Å². The molecule has 0 fully saturated rings. The largest absolute Gasteiger partial charge is 0.466 e. The lowest BCUT2D eigenvalue weighted by atomic mass is 9.84. The molecule has 6 nitrogen and oxygen atoms in total. The zero-order valence-corrected chi connectivity index (χ0v) is 15.0. The summed E-state index contributed by atoms with van der Waals surface area (Å²) < 4.78 is 5.47. The lowest BCUT2D eigenvalue weighted by Gasteiger charge is -2.21. The van der Waals surface area contributed by atoms with E-state index in [1.165, 1.54) is 19.3 Å². The van der Waals surface area contributed by atoms with Crippen LogP contribution in [0, 0.1) is 0 Å². The second kappa shape index (κ2) is 6.72. The average Bonchev–Trinajstić information content (AvgIpc) is 2.83. The molecule has 1 N–H and O–H groups in total. The molecule has 1 aromatic heterocycles. The molecule has 1 aromatic carbocycles. The summed E-state index contributed by atoms with van der Waals surface area (Å²) in [5.74, 6) is -0.659. The molecule has 2 rings (SSSR count). The van der Waals surface area contributed by atoms with E-state index in [1.54, 1.807) is 6.07 Å². The maximum atomic E-state index is 11.8. The summed E-state index contributed by atoms with van der Waals surface area (Å²) in [6, 6.07) is 3.21. The van der Waals surface area contributed by atoms with Gasteiger partial charge in [-0.2, -0.15) is 0 Å². The Morgan fingerprint density at radius 2 is 1.92 bits per heavy atom. The summed E-state index contributed by atoms with van der Waals surface area (Å²) in [4.78, 5) is 35.0. The van der Waals surface area contributed by atoms with Gasteiger partial charge in [0.05, 0.1) is 18.3 Å². The number of carbonyl (C=O) groups is 3. The highest BCUT2D eigenvalue weighted by atomic mass is 35.5. The maximum absolute atomic E-state index is 11.8. The third-order valence-electron chi connectivity index (χ3n) is 3.81. The van der Waals surface area contributed by atoms with Crippen molar-refractivity contribution in [2.75, 3.05) is 7.11 Å². The highest BCUT2D eigenvalue weighted by Crippen LogP contribution is 2.37. The Morgan fingerprint density at radius 3 is 2.40 bits per heavy atom. The van der Waals surface area contributed by atoms with Crippen LogP contribution < -0.4 is 0 Å². The zero-order valence-electron chi connectivity index (χ0n) is 14.3. The van der Waals surface area contributed by atoms with E-state index in [2.05, 4.69) is 4.74 Å². The molecule has 7 heteroatoms. The minimum atomic E-state index is -1.29. The number of carboxylic acid groups (broad SMARTS) is 1. The van der Waals surface area contributed by atoms with Crippen LogP contribution in [0.4, 0.5) is 4.79 Å². The van der Waals surface area contributed by atoms with E-state index in [9.17, 15) is 19.5 Å². The van der Waals surface area contributed by atoms with E-state index in [-0.39, 0.29) is 22.2 Å². The molecule has 0 amide bonds. The molecular weight excluding hydrogens is 346 g/mol. The van der Waals surface area contributed by atoms with Crippen molar-refractivity contribution in [2.45, 2.75) is 26.2 Å². The summed E-state index contributed by atoms with van der Waals surface area (Å²) >= 11 is 6.17. The molecule has 1 heterocycles. The quantitative estimate of drug-likeness (QED) is 0.503. The third-order valence-corrected chi connectivity index (χ3v) is 4.02. The number of rotatable bonds is 3. The fraction of sp³-hybridized carbons (Fsp3) is 0.278. The Kier molecular flexibility index (Phi) is 5.04. The van der Waals surface area contributed by atoms with Gasteiger partial charge in [0.25, 0.3) is 0 Å². The van der Waals surface area contributed by atoms with Gasteiger partial charge in [-0.25, -0.2) is 14.2 Å². The number of fused-ring (bicyclic) bond motifs is 1. The van der Waals surface area contributed by atoms with Crippen LogP contribution in [-0.4, -0.2) is 35.1 Å². The summed E-state index contributed by atoms with van der Waals surface area (Å²) in [6.45, 7) is 5.82. The fourth-order valence-corrected chi connectivity index (χ4v) is 2.94. The average molecular weight is 364 g/mol. The smallest absolute Gasteiger partial charge is 0.416 e. The van der Waals surface area contributed by atoms with Crippen LogP contribution in [0.15, 0.2) is 18.2 Å². The van der Waals surface area contributed by atoms with Crippen LogP contribution >= 0.6 is 11.6 Å². The summed E-state index contributed by atoms with van der Waals surface area (Å²) in [6.07, 6.45) is 1.62. The van der Waals surface area contributed by atoms with Crippen molar-refractivity contribution in [3.05, 3.63) is 40.1 Å². The minimum absolute atomic E-state index is 0.0793. The van der Waals surface area contributed by atoms with Crippen molar-refractivity contribution < 1.29 is 24.2 Å². The molecule has 0 radical (unpaired) electrons. The zero-order chi connectivity index (χ0) is 18.9. The lowest BCUT2D eigenvalue weighted by molar-refractivity contribution is -0.134. The molecule has 0 saturated heterocycles. The highest BCUT2D eigenvalue weighted by molar-refractivity contribution is 6.31. The van der Waals surface area contributed by atoms with Crippen molar-refractivity contribution >= 4 is 46.9 Å². The second-order valence-electron chi connectivity index (χ2n) is 6.49. The van der Waals surface area contributed by atoms with Crippen molar-refractivity contribution in [1.29, 1.82) is 0 Å². The first kappa shape index (κ1) is 18.7. The van der Waals surface area contributed by atoms with E-state index < -0.39 is 12.1 Å². The molecule has 0 spiro atoms. The number of methoxy groups -OCH3 is 1. The van der Waals surface area contributed by atoms with Gasteiger partial charge in [0.15, 0.2) is 6.29 Å². The van der Waals surface area contributed by atoms with Crippen LogP contribution in [-0.2, 0) is 14.9 Å². The molecule has 0 unspecified atom stereocenters. The van der Waals surface area contributed by atoms with Crippen molar-refractivity contribution in [1.82, 2.24) is 4.57 Å². The molecule has 0 saturated carbocycles. The van der Waals surface area contributed by atoms with Crippen molar-refractivity contribution in [3.8, 4) is 0 Å². The normalized spacial score (nSPS) is 11.9. The van der Waals surface area contributed by atoms with E-state index >= 15 is 0 Å². The summed E-state index contributed by atoms with van der Waals surface area (Å²) in [5, 5.41) is 10.5. The van der Waals surface area contributed by atoms with Crippen LogP contribution in [0.1, 0.15) is 42.4 Å². The van der Waals surface area contributed by atoms with Crippen LogP contribution in [0.5, 0.6) is 0 Å². The molecule has 0 aliphatic rings. The molecule has 0 bridgehead atoms. The number of aromatic nitrogens is 1. The molecular formula is C18H18ClNO5. The standard InChI is InChI=1S/C18H18ClNO5/c1-18(2,3)12-7-10(19)8-14-16(12)11(9-21)13(20(14)17(23)24)5-6-15(22)25-4/h5-9H,1-4H3,(H,23,24). The topological polar surface area (TPSA) is 85.6 Å². The van der Waals surface area contributed by atoms with Gasteiger partial charge in [0, 0.05) is 22.0 Å². The van der Waals surface area contributed by atoms with Gasteiger partial charge in [0.1, 0.15) is 0 Å². The number of nitrogens with zero attached hydrogens (tertiary/aromatic N) is 1. The SMILES string of the molecule is COC(=O)C=Cc1c(C=O)c2c(C(C)(C)C)cc(Cl)cc2n1C(=O)O. The number of aldehydes is 1. The Balaban J connectivity index is 3.00. The first-order valence-corrected chi connectivity index (χ1v) is 7.82. The monoisotopic (exact) mass is 363 g/mol. The predicted molar refractivity (Wildman–Crippen MR) is 95.5 cm³/mol. The Bertz CT molecular complexity index is 903. The van der Waals surface area contributed by atoms with Gasteiger partial charge in [-0.05, 0) is 29.2 Å². The van der Waals surface area contributed by atoms with Gasteiger partial charge in [-0.3, -0.25) is 4.79 Å². The van der Waals surface area contributed by atoms with E-state index in [4.69, 9.17) is 11.6 Å². The third kappa shape index (κ3) is 3.44. The Labute approximate surface area is 149 Å². The van der Waals surface area contributed by atoms with Crippen molar-refractivity contribution in [2.24, 2.45) is 0 Å². The van der Waals surface area contributed by atoms with Crippen LogP contribution in [0.2, 0.25) is 5.02 Å². The van der Waals surface area contributed by atoms with Crippen molar-refractivity contribution in [3.63, 3.8) is 0 Å². The number of benzene rings is 1. The second-order valence-corrected chi connectivity index (χ2v) is 6.93. The number of hydrogen-bond donors (Lipinski definition) is 1. The number of esters is 1. The van der Waals surface area contributed by atoms with Crippen LogP contribution in [0.25, 0.3) is 17.0 Å². The van der Waals surface area contributed by atoms with E-state index in [1.807, 2.05) is 20.8 Å². The predicted octanol–water partition coefficient (Wildman–Crippen LogP) is 4.12. The lowest BCUT2D eigenvalue weighted by Crippen LogP contribution is -2.13. The number of halogens is 1. The van der Waals surface area contributed by atoms with E-state index in [0.717, 1.165) is 16.2 Å². The summed E-state index contributed by atoms with van der Waals surface area (Å²) in [7, 11) is 1.21. The van der Waals surface area contributed by atoms with Gasteiger partial charge >= 0.3 is 12.1 Å².